The molecule has 1 N–H and O–H groups in total. The van der Waals surface area contributed by atoms with Gasteiger partial charge in [0, 0.05) is 16.5 Å². The van der Waals surface area contributed by atoms with Gasteiger partial charge in [0.1, 0.15) is 5.76 Å². The molecule has 1 aromatic rings. The highest BCUT2D eigenvalue weighted by Gasteiger charge is 2.44. The molecule has 0 atom stereocenters. The van der Waals surface area contributed by atoms with E-state index in [4.69, 9.17) is 0 Å². The zero-order valence-corrected chi connectivity index (χ0v) is 9.89. The van der Waals surface area contributed by atoms with Gasteiger partial charge in [-0.15, -0.1) is 0 Å². The Balaban J connectivity index is 2.47. The van der Waals surface area contributed by atoms with Gasteiger partial charge in [-0.1, -0.05) is 28.1 Å². The van der Waals surface area contributed by atoms with Crippen LogP contribution in [-0.2, 0) is 11.2 Å². The first-order valence-electron chi connectivity index (χ1n) is 4.63. The summed E-state index contributed by atoms with van der Waals surface area (Å²) >= 11 is 3.17. The number of hydrogen-bond acceptors (Lipinski definition) is 2. The Labute approximate surface area is 103 Å². The quantitative estimate of drug-likeness (QED) is 0.863. The molecule has 0 saturated carbocycles. The number of carbonyl (C=O) groups excluding carboxylic acids is 1. The number of fused-ring (bicyclic) bond motifs is 1. The highest BCUT2D eigenvalue weighted by molar-refractivity contribution is 9.10. The van der Waals surface area contributed by atoms with Gasteiger partial charge in [-0.05, 0) is 11.6 Å². The third-order valence-corrected chi connectivity index (χ3v) is 3.29. The van der Waals surface area contributed by atoms with Gasteiger partial charge in [0.25, 0.3) is 5.78 Å². The number of hydrogen-bond donors (Lipinski definition) is 1. The van der Waals surface area contributed by atoms with Gasteiger partial charge in [-0.2, -0.15) is 13.2 Å². The smallest absolute Gasteiger partial charge is 0.454 e. The van der Waals surface area contributed by atoms with Gasteiger partial charge in [-0.3, -0.25) is 4.79 Å². The molecule has 0 aliphatic heterocycles. The fourth-order valence-electron chi connectivity index (χ4n) is 1.74. The first kappa shape index (κ1) is 12.2. The fourth-order valence-corrected chi connectivity index (χ4v) is 2.25. The van der Waals surface area contributed by atoms with Crippen LogP contribution in [0.2, 0.25) is 0 Å². The molecule has 0 fully saturated rings. The zero-order valence-electron chi connectivity index (χ0n) is 8.31. The minimum absolute atomic E-state index is 0.207. The molecule has 0 unspecified atom stereocenters. The van der Waals surface area contributed by atoms with Crippen molar-refractivity contribution in [2.45, 2.75) is 12.6 Å². The first-order valence-corrected chi connectivity index (χ1v) is 5.43. The predicted octanol–water partition coefficient (Wildman–Crippen LogP) is 3.41. The summed E-state index contributed by atoms with van der Waals surface area (Å²) in [5.74, 6) is -2.57. The van der Waals surface area contributed by atoms with E-state index in [1.807, 2.05) is 0 Å². The third-order valence-electron chi connectivity index (χ3n) is 2.54. The molecule has 6 heteroatoms. The van der Waals surface area contributed by atoms with Crippen molar-refractivity contribution in [2.75, 3.05) is 0 Å². The summed E-state index contributed by atoms with van der Waals surface area (Å²) in [5.41, 5.74) is 0.170. The fraction of sp³-hybridized carbons (Fsp3) is 0.182. The summed E-state index contributed by atoms with van der Waals surface area (Å²) in [7, 11) is 0. The molecule has 0 bridgehead atoms. The summed E-state index contributed by atoms with van der Waals surface area (Å²) in [5, 5.41) is 9.64. The second kappa shape index (κ2) is 3.87. The lowest BCUT2D eigenvalue weighted by Crippen LogP contribution is -2.25. The van der Waals surface area contributed by atoms with Crippen molar-refractivity contribution in [3.8, 4) is 0 Å². The highest BCUT2D eigenvalue weighted by atomic mass is 79.9. The standard InChI is InChI=1S/C11H6BrF3O2/c12-8-3-1-2-5-6(8)4-7(9(5)16)10(17)11(13,14)15/h1-3,16H,4H2. The number of aliphatic hydroxyl groups is 1. The molecule has 0 heterocycles. The van der Waals surface area contributed by atoms with E-state index in [0.29, 0.717) is 10.0 Å². The summed E-state index contributed by atoms with van der Waals surface area (Å²) in [6.45, 7) is 0. The molecule has 1 aliphatic carbocycles. The number of Topliss-reactive ketones (excluding diaryl/α,β-unsaturated/α-hetero) is 1. The molecule has 0 amide bonds. The zero-order chi connectivity index (χ0) is 12.8. The second-order valence-corrected chi connectivity index (χ2v) is 4.45. The van der Waals surface area contributed by atoms with Crippen molar-refractivity contribution >= 4 is 27.5 Å². The summed E-state index contributed by atoms with van der Waals surface area (Å²) in [6.07, 6.45) is -5.17. The molecule has 2 nitrogen and oxygen atoms in total. The van der Waals surface area contributed by atoms with E-state index in [-0.39, 0.29) is 12.0 Å². The number of halogens is 4. The third kappa shape index (κ3) is 1.97. The van der Waals surface area contributed by atoms with Crippen LogP contribution in [0.1, 0.15) is 11.1 Å². The van der Waals surface area contributed by atoms with Crippen LogP contribution >= 0.6 is 15.9 Å². The molecular weight excluding hydrogens is 301 g/mol. The average molecular weight is 307 g/mol. The lowest BCUT2D eigenvalue weighted by Gasteiger charge is -2.05. The van der Waals surface area contributed by atoms with Crippen LogP contribution in [0.15, 0.2) is 28.2 Å². The van der Waals surface area contributed by atoms with E-state index < -0.39 is 23.3 Å². The van der Waals surface area contributed by atoms with Crippen LogP contribution in [0.25, 0.3) is 5.76 Å². The molecule has 0 spiro atoms. The number of aliphatic hydroxyl groups excluding tert-OH is 1. The second-order valence-electron chi connectivity index (χ2n) is 3.60. The monoisotopic (exact) mass is 306 g/mol. The molecule has 1 aromatic carbocycles. The van der Waals surface area contributed by atoms with Gasteiger partial charge in [0.05, 0.1) is 5.57 Å². The Morgan fingerprint density at radius 3 is 2.53 bits per heavy atom. The predicted molar refractivity (Wildman–Crippen MR) is 58.5 cm³/mol. The van der Waals surface area contributed by atoms with Gasteiger partial charge in [-0.25, -0.2) is 0 Å². The van der Waals surface area contributed by atoms with Crippen molar-refractivity contribution in [3.63, 3.8) is 0 Å². The molecular formula is C11H6BrF3O2. The molecule has 2 rings (SSSR count). The summed E-state index contributed by atoms with van der Waals surface area (Å²) in [6, 6.07) is 4.71. The molecule has 90 valence electrons. The Morgan fingerprint density at radius 1 is 1.35 bits per heavy atom. The number of rotatable bonds is 1. The Hall–Kier alpha value is -1.30. The van der Waals surface area contributed by atoms with E-state index in [2.05, 4.69) is 15.9 Å². The molecule has 0 aromatic heterocycles. The number of carbonyl (C=O) groups is 1. The van der Waals surface area contributed by atoms with E-state index >= 15 is 0 Å². The molecule has 17 heavy (non-hydrogen) atoms. The van der Waals surface area contributed by atoms with Gasteiger partial charge >= 0.3 is 6.18 Å². The van der Waals surface area contributed by atoms with E-state index in [0.717, 1.165) is 0 Å². The SMILES string of the molecule is O=C(C1=C(O)c2cccc(Br)c2C1)C(F)(F)F. The minimum Gasteiger partial charge on any atom is -0.507 e. The number of ketones is 1. The van der Waals surface area contributed by atoms with Crippen molar-refractivity contribution in [1.29, 1.82) is 0 Å². The normalized spacial score (nSPS) is 15.1. The molecule has 0 saturated heterocycles. The van der Waals surface area contributed by atoms with Crippen LogP contribution in [0.4, 0.5) is 13.2 Å². The topological polar surface area (TPSA) is 37.3 Å². The van der Waals surface area contributed by atoms with E-state index in [1.165, 1.54) is 6.07 Å². The number of allylic oxidation sites excluding steroid dienone is 1. The molecule has 1 aliphatic rings. The first-order chi connectivity index (χ1) is 7.82. The lowest BCUT2D eigenvalue weighted by atomic mass is 10.1. The van der Waals surface area contributed by atoms with Crippen LogP contribution in [-0.4, -0.2) is 17.1 Å². The number of alkyl halides is 3. The minimum atomic E-state index is -4.96. The number of benzene rings is 1. The maximum absolute atomic E-state index is 12.3. The van der Waals surface area contributed by atoms with Gasteiger partial charge < -0.3 is 5.11 Å². The van der Waals surface area contributed by atoms with Crippen molar-refractivity contribution in [2.24, 2.45) is 0 Å². The van der Waals surface area contributed by atoms with E-state index in [1.54, 1.807) is 12.1 Å². The molecule has 0 radical (unpaired) electrons. The summed E-state index contributed by atoms with van der Waals surface area (Å²) < 4.78 is 37.5. The maximum atomic E-state index is 12.3. The van der Waals surface area contributed by atoms with Crippen LogP contribution in [0, 0.1) is 0 Å². The van der Waals surface area contributed by atoms with Gasteiger partial charge in [0.15, 0.2) is 0 Å². The van der Waals surface area contributed by atoms with Gasteiger partial charge in [0.2, 0.25) is 0 Å². The largest absolute Gasteiger partial charge is 0.507 e. The summed E-state index contributed by atoms with van der Waals surface area (Å²) in [4.78, 5) is 11.1. The highest BCUT2D eigenvalue weighted by Crippen LogP contribution is 2.38. The Bertz CT molecular complexity index is 532. The van der Waals surface area contributed by atoms with Crippen LogP contribution in [0.5, 0.6) is 0 Å². The van der Waals surface area contributed by atoms with Crippen LogP contribution < -0.4 is 0 Å². The van der Waals surface area contributed by atoms with E-state index in [9.17, 15) is 23.1 Å². The van der Waals surface area contributed by atoms with Crippen LogP contribution in [0.3, 0.4) is 0 Å². The average Bonchev–Trinajstić information content (AvgIpc) is 2.56. The Morgan fingerprint density at radius 2 is 2.00 bits per heavy atom. The van der Waals surface area contributed by atoms with Crippen molar-refractivity contribution in [3.05, 3.63) is 39.4 Å². The Kier molecular flexibility index (Phi) is 2.77. The maximum Gasteiger partial charge on any atom is 0.454 e. The van der Waals surface area contributed by atoms with Crippen molar-refractivity contribution in [1.82, 2.24) is 0 Å². The van der Waals surface area contributed by atoms with Crippen molar-refractivity contribution < 1.29 is 23.1 Å². The lowest BCUT2D eigenvalue weighted by molar-refractivity contribution is -0.166.